The zero-order valence-electron chi connectivity index (χ0n) is 10.9. The number of halogens is 2. The van der Waals surface area contributed by atoms with E-state index in [9.17, 15) is 12.8 Å². The highest BCUT2D eigenvalue weighted by atomic mass is 79.9. The molecular weight excluding hydrogens is 365 g/mol. The third-order valence-corrected chi connectivity index (χ3v) is 4.96. The van der Waals surface area contributed by atoms with Crippen molar-refractivity contribution in [1.82, 2.24) is 15.0 Å². The molecule has 2 rings (SSSR count). The first-order chi connectivity index (χ1) is 9.76. The molecule has 21 heavy (non-hydrogen) atoms. The van der Waals surface area contributed by atoms with Gasteiger partial charge in [-0.25, -0.2) is 9.07 Å². The Hall–Kier alpha value is -1.99. The topological polar surface area (TPSA) is 101 Å². The van der Waals surface area contributed by atoms with Crippen molar-refractivity contribution in [3.63, 3.8) is 0 Å². The van der Waals surface area contributed by atoms with Crippen molar-refractivity contribution in [3.05, 3.63) is 33.7 Å². The summed E-state index contributed by atoms with van der Waals surface area (Å²) in [5.74, 6) is -0.672. The summed E-state index contributed by atoms with van der Waals surface area (Å²) in [6.45, 7) is 1.41. The van der Waals surface area contributed by atoms with Crippen LogP contribution in [0.3, 0.4) is 0 Å². The molecule has 0 spiro atoms. The molecule has 1 heterocycles. The van der Waals surface area contributed by atoms with Crippen LogP contribution in [0.2, 0.25) is 0 Å². The highest BCUT2D eigenvalue weighted by Gasteiger charge is 2.25. The molecule has 10 heteroatoms. The summed E-state index contributed by atoms with van der Waals surface area (Å²) in [4.78, 5) is 0. The second-order valence-corrected chi connectivity index (χ2v) is 6.51. The van der Waals surface area contributed by atoms with Crippen molar-refractivity contribution in [2.75, 3.05) is 4.72 Å². The highest BCUT2D eigenvalue weighted by molar-refractivity contribution is 9.10. The average Bonchev–Trinajstić information content (AvgIpc) is 2.74. The van der Waals surface area contributed by atoms with Gasteiger partial charge < -0.3 is 0 Å². The number of benzene rings is 1. The van der Waals surface area contributed by atoms with Crippen LogP contribution in [-0.4, -0.2) is 23.4 Å². The van der Waals surface area contributed by atoms with Gasteiger partial charge in [0.2, 0.25) is 5.03 Å². The maximum Gasteiger partial charge on any atom is 0.281 e. The van der Waals surface area contributed by atoms with E-state index in [2.05, 4.69) is 31.0 Å². The Balaban J connectivity index is 2.52. The van der Waals surface area contributed by atoms with Crippen LogP contribution in [0.4, 0.5) is 10.1 Å². The molecular formula is C11H9BrFN5O2S. The fourth-order valence-corrected chi connectivity index (χ4v) is 3.86. The van der Waals surface area contributed by atoms with Crippen molar-refractivity contribution in [1.29, 1.82) is 5.26 Å². The number of rotatable bonds is 3. The van der Waals surface area contributed by atoms with Crippen LogP contribution in [0.1, 0.15) is 11.1 Å². The normalized spacial score (nSPS) is 11.2. The quantitative estimate of drug-likeness (QED) is 0.881. The third-order valence-electron chi connectivity index (χ3n) is 2.71. The Labute approximate surface area is 128 Å². The van der Waals surface area contributed by atoms with Crippen LogP contribution >= 0.6 is 15.9 Å². The number of aryl methyl sites for hydroxylation is 1. The Morgan fingerprint density at radius 3 is 2.67 bits per heavy atom. The number of anilines is 1. The molecule has 7 nitrogen and oxygen atoms in total. The molecule has 1 aromatic heterocycles. The van der Waals surface area contributed by atoms with Crippen molar-refractivity contribution in [2.24, 2.45) is 7.05 Å². The van der Waals surface area contributed by atoms with E-state index >= 15 is 0 Å². The minimum absolute atomic E-state index is 0.0120. The smallest absolute Gasteiger partial charge is 0.278 e. The zero-order valence-corrected chi connectivity index (χ0v) is 13.3. The lowest BCUT2D eigenvalue weighted by Gasteiger charge is -2.11. The van der Waals surface area contributed by atoms with Crippen molar-refractivity contribution < 1.29 is 12.8 Å². The fourth-order valence-electron chi connectivity index (χ4n) is 1.65. The molecule has 0 bridgehead atoms. The third kappa shape index (κ3) is 2.88. The van der Waals surface area contributed by atoms with Crippen molar-refractivity contribution >= 4 is 31.6 Å². The number of aromatic nitrogens is 3. The van der Waals surface area contributed by atoms with Gasteiger partial charge in [0.25, 0.3) is 10.0 Å². The molecule has 0 radical (unpaired) electrons. The molecule has 0 fully saturated rings. The van der Waals surface area contributed by atoms with E-state index in [0.717, 1.165) is 10.7 Å². The van der Waals surface area contributed by atoms with Gasteiger partial charge in [0.15, 0.2) is 4.60 Å². The van der Waals surface area contributed by atoms with Gasteiger partial charge in [-0.05, 0) is 35.0 Å². The molecule has 0 saturated carbocycles. The van der Waals surface area contributed by atoms with Gasteiger partial charge in [0.05, 0.1) is 17.3 Å². The maximum absolute atomic E-state index is 13.7. The summed E-state index contributed by atoms with van der Waals surface area (Å²) in [5.41, 5.74) is 0.0847. The number of nitrogens with one attached hydrogen (secondary N) is 1. The van der Waals surface area contributed by atoms with E-state index in [0.29, 0.717) is 0 Å². The van der Waals surface area contributed by atoms with Gasteiger partial charge in [-0.15, -0.1) is 5.10 Å². The Morgan fingerprint density at radius 2 is 2.14 bits per heavy atom. The summed E-state index contributed by atoms with van der Waals surface area (Å²) in [5, 5.41) is 15.8. The van der Waals surface area contributed by atoms with Gasteiger partial charge in [-0.3, -0.25) is 4.72 Å². The van der Waals surface area contributed by atoms with Gasteiger partial charge in [0.1, 0.15) is 5.82 Å². The monoisotopic (exact) mass is 373 g/mol. The number of nitrogens with zero attached hydrogens (tertiary/aromatic N) is 4. The molecule has 0 unspecified atom stereocenters. The lowest BCUT2D eigenvalue weighted by molar-refractivity contribution is 0.578. The summed E-state index contributed by atoms with van der Waals surface area (Å²) in [6.07, 6.45) is 0. The van der Waals surface area contributed by atoms with Crippen LogP contribution in [0, 0.1) is 24.1 Å². The number of hydrogen-bond acceptors (Lipinski definition) is 5. The highest BCUT2D eigenvalue weighted by Crippen LogP contribution is 2.25. The number of nitriles is 1. The largest absolute Gasteiger partial charge is 0.281 e. The lowest BCUT2D eigenvalue weighted by atomic mass is 10.1. The van der Waals surface area contributed by atoms with E-state index in [4.69, 9.17) is 5.26 Å². The van der Waals surface area contributed by atoms with E-state index < -0.39 is 15.8 Å². The Bertz CT molecular complexity index is 837. The number of sulfonamides is 1. The minimum Gasteiger partial charge on any atom is -0.278 e. The van der Waals surface area contributed by atoms with Gasteiger partial charge in [-0.1, -0.05) is 5.21 Å². The average molecular weight is 374 g/mol. The van der Waals surface area contributed by atoms with Crippen molar-refractivity contribution in [3.8, 4) is 6.07 Å². The van der Waals surface area contributed by atoms with E-state index in [-0.39, 0.29) is 26.4 Å². The summed E-state index contributed by atoms with van der Waals surface area (Å²) in [6, 6.07) is 4.06. The SMILES string of the molecule is Cc1c(F)cc(C#N)cc1NS(=O)(=O)c1c(Br)nnn1C. The fraction of sp³-hybridized carbons (Fsp3) is 0.182. The molecule has 0 atom stereocenters. The molecule has 1 N–H and O–H groups in total. The molecule has 2 aromatic rings. The van der Waals surface area contributed by atoms with Crippen LogP contribution in [0.25, 0.3) is 0 Å². The van der Waals surface area contributed by atoms with Crippen LogP contribution in [0.5, 0.6) is 0 Å². The summed E-state index contributed by atoms with van der Waals surface area (Å²) in [7, 11) is -2.62. The first kappa shape index (κ1) is 15.4. The standard InChI is InChI=1S/C11H9BrFN5O2S/c1-6-8(13)3-7(5-14)4-9(6)16-21(19,20)11-10(12)15-17-18(11)2/h3-4,16H,1-2H3. The first-order valence-electron chi connectivity index (χ1n) is 5.54. The van der Waals surface area contributed by atoms with E-state index in [1.54, 1.807) is 6.07 Å². The second kappa shape index (κ2) is 5.42. The van der Waals surface area contributed by atoms with E-state index in [1.807, 2.05) is 0 Å². The zero-order chi connectivity index (χ0) is 15.8. The number of hydrogen-bond donors (Lipinski definition) is 1. The van der Waals surface area contributed by atoms with E-state index in [1.165, 1.54) is 20.0 Å². The van der Waals surface area contributed by atoms with Crippen LogP contribution in [0.15, 0.2) is 21.8 Å². The molecule has 1 aromatic carbocycles. The first-order valence-corrected chi connectivity index (χ1v) is 7.82. The molecule has 0 aliphatic rings. The Kier molecular flexibility index (Phi) is 3.97. The van der Waals surface area contributed by atoms with Gasteiger partial charge >= 0.3 is 0 Å². The molecule has 0 aliphatic heterocycles. The lowest BCUT2D eigenvalue weighted by Crippen LogP contribution is -2.18. The van der Waals surface area contributed by atoms with Crippen molar-refractivity contribution in [2.45, 2.75) is 11.9 Å². The summed E-state index contributed by atoms with van der Waals surface area (Å²) < 4.78 is 41.7. The second-order valence-electron chi connectivity index (χ2n) is 4.16. The van der Waals surface area contributed by atoms with Gasteiger partial charge in [0, 0.05) is 12.6 Å². The maximum atomic E-state index is 13.7. The predicted octanol–water partition coefficient (Wildman–Crippen LogP) is 1.70. The predicted molar refractivity (Wildman–Crippen MR) is 75.4 cm³/mol. The summed E-state index contributed by atoms with van der Waals surface area (Å²) >= 11 is 2.99. The van der Waals surface area contributed by atoms with Crippen LogP contribution < -0.4 is 4.72 Å². The minimum atomic E-state index is -4.03. The Morgan fingerprint density at radius 1 is 1.48 bits per heavy atom. The molecule has 110 valence electrons. The molecule has 0 amide bonds. The van der Waals surface area contributed by atoms with Crippen LogP contribution in [-0.2, 0) is 17.1 Å². The van der Waals surface area contributed by atoms with Gasteiger partial charge in [-0.2, -0.15) is 13.7 Å². The molecule has 0 aliphatic carbocycles. The molecule has 0 saturated heterocycles.